The van der Waals surface area contributed by atoms with Gasteiger partial charge in [0.25, 0.3) is 0 Å². The van der Waals surface area contributed by atoms with Crippen LogP contribution < -0.4 is 0 Å². The summed E-state index contributed by atoms with van der Waals surface area (Å²) in [5.74, 6) is -0.521. The highest BCUT2D eigenvalue weighted by molar-refractivity contribution is 5.94. The minimum absolute atomic E-state index is 0.0966. The van der Waals surface area contributed by atoms with E-state index in [0.29, 0.717) is 12.5 Å². The summed E-state index contributed by atoms with van der Waals surface area (Å²) in [5.41, 5.74) is 0.205. The van der Waals surface area contributed by atoms with Crippen LogP contribution in [-0.4, -0.2) is 29.6 Å². The predicted octanol–water partition coefficient (Wildman–Crippen LogP) is 1.69. The van der Waals surface area contributed by atoms with Crippen LogP contribution in [0, 0.1) is 5.41 Å². The van der Waals surface area contributed by atoms with E-state index in [9.17, 15) is 4.79 Å². The molecule has 1 aliphatic rings. The second kappa shape index (κ2) is 3.98. The van der Waals surface area contributed by atoms with Crippen LogP contribution in [0.4, 0.5) is 0 Å². The smallest absolute Gasteiger partial charge is 0.312 e. The van der Waals surface area contributed by atoms with E-state index >= 15 is 0 Å². The average Bonchev–Trinajstić information content (AvgIpc) is 2.30. The van der Waals surface area contributed by atoms with Gasteiger partial charge in [-0.3, -0.25) is 4.79 Å². The van der Waals surface area contributed by atoms with Gasteiger partial charge in [-0.15, -0.1) is 0 Å². The molecule has 1 atom stereocenters. The lowest BCUT2D eigenvalue weighted by atomic mass is 9.89. The van der Waals surface area contributed by atoms with Gasteiger partial charge in [-0.05, 0) is 11.8 Å². The third-order valence-corrected chi connectivity index (χ3v) is 1.92. The highest BCUT2D eigenvalue weighted by Gasteiger charge is 2.25. The Kier molecular flexibility index (Phi) is 3.13. The van der Waals surface area contributed by atoms with E-state index in [-0.39, 0.29) is 17.9 Å². The first-order valence-corrected chi connectivity index (χ1v) is 4.78. The van der Waals surface area contributed by atoms with Gasteiger partial charge in [0.1, 0.15) is 13.0 Å². The van der Waals surface area contributed by atoms with Crippen molar-refractivity contribution >= 4 is 11.9 Å². The van der Waals surface area contributed by atoms with Crippen molar-refractivity contribution in [3.05, 3.63) is 0 Å². The average molecular weight is 199 g/mol. The zero-order valence-electron chi connectivity index (χ0n) is 8.91. The number of aliphatic imine (C=N–C) groups is 1. The van der Waals surface area contributed by atoms with Crippen LogP contribution in [0.25, 0.3) is 0 Å². The number of carbonyl (C=O) groups is 1. The molecule has 0 aromatic heterocycles. The van der Waals surface area contributed by atoms with E-state index in [0.717, 1.165) is 6.42 Å². The summed E-state index contributed by atoms with van der Waals surface area (Å²) in [6.07, 6.45) is 0.830. The molecule has 0 fully saturated rings. The van der Waals surface area contributed by atoms with Crippen LogP contribution in [0.5, 0.6) is 0 Å². The Bertz CT molecular complexity index is 253. The summed E-state index contributed by atoms with van der Waals surface area (Å²) >= 11 is 0. The van der Waals surface area contributed by atoms with Crippen LogP contribution >= 0.6 is 0 Å². The molecule has 1 rings (SSSR count). The zero-order chi connectivity index (χ0) is 10.8. The molecule has 1 aliphatic heterocycles. The molecule has 0 bridgehead atoms. The summed E-state index contributed by atoms with van der Waals surface area (Å²) in [5, 5.41) is 8.53. The molecule has 0 aliphatic carbocycles. The number of carboxylic acid groups (broad SMARTS) is 1. The minimum Gasteiger partial charge on any atom is -0.481 e. The van der Waals surface area contributed by atoms with Gasteiger partial charge < -0.3 is 9.84 Å². The Hall–Kier alpha value is -1.06. The topological polar surface area (TPSA) is 58.9 Å². The van der Waals surface area contributed by atoms with Crippen molar-refractivity contribution in [1.29, 1.82) is 0 Å². The molecule has 0 saturated carbocycles. The normalized spacial score (nSPS) is 21.6. The number of hydrogen-bond acceptors (Lipinski definition) is 3. The molecule has 1 unspecified atom stereocenters. The van der Waals surface area contributed by atoms with E-state index in [1.165, 1.54) is 0 Å². The first kappa shape index (κ1) is 11.0. The quantitative estimate of drug-likeness (QED) is 0.752. The molecule has 4 nitrogen and oxygen atoms in total. The molecule has 14 heavy (non-hydrogen) atoms. The third-order valence-electron chi connectivity index (χ3n) is 1.92. The van der Waals surface area contributed by atoms with Crippen molar-refractivity contribution in [2.24, 2.45) is 10.4 Å². The highest BCUT2D eigenvalue weighted by atomic mass is 16.5. The van der Waals surface area contributed by atoms with Gasteiger partial charge in [-0.1, -0.05) is 20.8 Å². The van der Waals surface area contributed by atoms with Crippen LogP contribution in [-0.2, 0) is 9.53 Å². The summed E-state index contributed by atoms with van der Waals surface area (Å²) in [7, 11) is 0. The molecule has 4 heteroatoms. The molecular formula is C10H17NO3. The lowest BCUT2D eigenvalue weighted by Gasteiger charge is -2.19. The van der Waals surface area contributed by atoms with E-state index in [4.69, 9.17) is 9.84 Å². The Morgan fingerprint density at radius 3 is 2.79 bits per heavy atom. The number of aliphatic carboxylic acids is 1. The van der Waals surface area contributed by atoms with Crippen LogP contribution in [0.1, 0.15) is 33.6 Å². The van der Waals surface area contributed by atoms with Gasteiger partial charge in [-0.2, -0.15) is 0 Å². The predicted molar refractivity (Wildman–Crippen MR) is 53.5 cm³/mol. The lowest BCUT2D eigenvalue weighted by Crippen LogP contribution is -2.17. The Labute approximate surface area is 84.0 Å². The van der Waals surface area contributed by atoms with Crippen LogP contribution in [0.15, 0.2) is 4.99 Å². The minimum atomic E-state index is -0.889. The Balaban J connectivity index is 2.46. The molecule has 0 aromatic carbocycles. The SMILES string of the molecule is CC(C)(C)CC1COC(CC(=O)O)=N1. The highest BCUT2D eigenvalue weighted by Crippen LogP contribution is 2.24. The first-order chi connectivity index (χ1) is 6.37. The lowest BCUT2D eigenvalue weighted by molar-refractivity contribution is -0.135. The van der Waals surface area contributed by atoms with Gasteiger partial charge >= 0.3 is 5.97 Å². The number of ether oxygens (including phenoxy) is 1. The van der Waals surface area contributed by atoms with Gasteiger partial charge in [0.05, 0.1) is 6.04 Å². The fourth-order valence-corrected chi connectivity index (χ4v) is 1.51. The standard InChI is InChI=1S/C10H17NO3/c1-10(2,3)5-7-6-14-8(11-7)4-9(12)13/h7H,4-6H2,1-3H3,(H,12,13). The van der Waals surface area contributed by atoms with Crippen LogP contribution in [0.3, 0.4) is 0 Å². The van der Waals surface area contributed by atoms with Gasteiger partial charge in [0, 0.05) is 0 Å². The van der Waals surface area contributed by atoms with E-state index in [2.05, 4.69) is 25.8 Å². The number of rotatable bonds is 3. The van der Waals surface area contributed by atoms with Crippen molar-refractivity contribution < 1.29 is 14.6 Å². The molecule has 0 aromatic rings. The second-order valence-corrected chi connectivity index (χ2v) is 4.82. The van der Waals surface area contributed by atoms with Crippen molar-refractivity contribution in [1.82, 2.24) is 0 Å². The van der Waals surface area contributed by atoms with Crippen LogP contribution in [0.2, 0.25) is 0 Å². The summed E-state index contributed by atoms with van der Waals surface area (Å²) in [6.45, 7) is 6.94. The molecule has 1 N–H and O–H groups in total. The van der Waals surface area contributed by atoms with E-state index in [1.807, 2.05) is 0 Å². The largest absolute Gasteiger partial charge is 0.481 e. The molecule has 0 amide bonds. The maximum Gasteiger partial charge on any atom is 0.312 e. The monoisotopic (exact) mass is 199 g/mol. The molecule has 0 saturated heterocycles. The van der Waals surface area contributed by atoms with Gasteiger partial charge in [0.2, 0.25) is 0 Å². The number of carboxylic acids is 1. The van der Waals surface area contributed by atoms with Gasteiger partial charge in [-0.25, -0.2) is 4.99 Å². The summed E-state index contributed by atoms with van der Waals surface area (Å²) < 4.78 is 5.19. The second-order valence-electron chi connectivity index (χ2n) is 4.82. The van der Waals surface area contributed by atoms with Crippen molar-refractivity contribution in [2.45, 2.75) is 39.7 Å². The molecule has 1 heterocycles. The van der Waals surface area contributed by atoms with Crippen molar-refractivity contribution in [3.8, 4) is 0 Å². The number of hydrogen-bond donors (Lipinski definition) is 1. The third kappa shape index (κ3) is 3.77. The molecule has 80 valence electrons. The number of nitrogens with zero attached hydrogens (tertiary/aromatic N) is 1. The molecule has 0 radical (unpaired) electrons. The Morgan fingerprint density at radius 2 is 2.29 bits per heavy atom. The van der Waals surface area contributed by atoms with Crippen molar-refractivity contribution in [3.63, 3.8) is 0 Å². The summed E-state index contributed by atoms with van der Waals surface area (Å²) in [4.78, 5) is 14.6. The van der Waals surface area contributed by atoms with Crippen molar-refractivity contribution in [2.75, 3.05) is 6.61 Å². The first-order valence-electron chi connectivity index (χ1n) is 4.78. The fraction of sp³-hybridized carbons (Fsp3) is 0.800. The maximum absolute atomic E-state index is 10.4. The zero-order valence-corrected chi connectivity index (χ0v) is 8.91. The molecular weight excluding hydrogens is 182 g/mol. The van der Waals surface area contributed by atoms with E-state index < -0.39 is 5.97 Å². The summed E-state index contributed by atoms with van der Waals surface area (Å²) in [6, 6.07) is 0.129. The van der Waals surface area contributed by atoms with Gasteiger partial charge in [0.15, 0.2) is 5.90 Å². The Morgan fingerprint density at radius 1 is 1.64 bits per heavy atom. The maximum atomic E-state index is 10.4. The fourth-order valence-electron chi connectivity index (χ4n) is 1.51. The van der Waals surface area contributed by atoms with E-state index in [1.54, 1.807) is 0 Å². The molecule has 0 spiro atoms.